The lowest BCUT2D eigenvalue weighted by molar-refractivity contribution is -0.307. The first-order valence-corrected chi connectivity index (χ1v) is 24.1. The lowest BCUT2D eigenvalue weighted by Gasteiger charge is -2.46. The Hall–Kier alpha value is -3.52. The molecular formula is C50H80N2O18. The number of fused-ring (bicyclic) bond motifs is 2. The Balaban J connectivity index is 1.94. The van der Waals surface area contributed by atoms with Crippen LogP contribution in [0.5, 0.6) is 0 Å². The van der Waals surface area contributed by atoms with Crippen LogP contribution in [0, 0.1) is 17.8 Å². The summed E-state index contributed by atoms with van der Waals surface area (Å²) in [5.74, 6) is -6.18. The molecule has 0 aromatic heterocycles. The number of aliphatic hydroxyl groups excluding tert-OH is 11. The molecule has 3 aliphatic rings. The molecule has 3 aliphatic heterocycles. The minimum Gasteiger partial charge on any atom is -0.462 e. The summed E-state index contributed by atoms with van der Waals surface area (Å²) in [5, 5.41) is 131. The van der Waals surface area contributed by atoms with Crippen LogP contribution in [0.4, 0.5) is 0 Å². The summed E-state index contributed by atoms with van der Waals surface area (Å²) in [5.41, 5.74) is 6.07. The highest BCUT2D eigenvalue weighted by molar-refractivity contribution is 5.80. The predicted molar refractivity (Wildman–Crippen MR) is 255 cm³/mol. The number of ether oxygens (including phenoxy) is 4. The van der Waals surface area contributed by atoms with Gasteiger partial charge in [0.25, 0.3) is 0 Å². The Morgan fingerprint density at radius 1 is 0.700 bits per heavy atom. The number of nitrogens with one attached hydrogen (secondary N) is 1. The maximum Gasteiger partial charge on any atom is 0.308 e. The molecule has 0 aromatic carbocycles. The number of aliphatic hydroxyl groups is 12. The zero-order valence-corrected chi connectivity index (χ0v) is 40.5. The van der Waals surface area contributed by atoms with E-state index >= 15 is 0 Å². The summed E-state index contributed by atoms with van der Waals surface area (Å²) in [6.07, 6.45) is 3.19. The standard InChI is InChI=1S/C50H80N2O18/c1-29-17-15-13-11-9-7-5-6-8-10-12-14-16-18-37(69-49-47(64)44(51)46(63)32(4)68-49)24-41-43(48(65)52-33(27-53)28-54)40(60)26-50(66,70-41)25-36(57)22-39(59)38(58)20-19-34(55)21-35(56)23-42(61)67-31(3)30(2)45(29)62/h5-18,29-41,43-47,49,53-60,62-64,66H,19-28,51H2,1-4H3,(H,52,65)/b6-5+,9-7+,10-8+,13-11+,14-12+,17-15+,18-16+/t29-,30-,31-,32+,34+,35+,36-,37?,38+,39+,40-,41-,43+,44-,45+,46+,47+,49?,50+/m0/s1. The Bertz CT molecular complexity index is 1770. The summed E-state index contributed by atoms with van der Waals surface area (Å²) in [6.45, 7) is 5.43. The van der Waals surface area contributed by atoms with Gasteiger partial charge in [-0.15, -0.1) is 0 Å². The van der Waals surface area contributed by atoms with Crippen LogP contribution in [0.3, 0.4) is 0 Å². The van der Waals surface area contributed by atoms with E-state index in [1.807, 2.05) is 13.0 Å². The molecule has 0 aromatic rings. The van der Waals surface area contributed by atoms with E-state index in [9.17, 15) is 70.9 Å². The highest BCUT2D eigenvalue weighted by Crippen LogP contribution is 2.38. The van der Waals surface area contributed by atoms with Crippen LogP contribution in [0.25, 0.3) is 0 Å². The SMILES string of the molecule is C[C@@H]1[C@H](O)[C@@H](C)/C=C/C=C/C=C/C=C/C=C/C=C/C=C/C(OC2O[C@H](C)[C@@H](O)[C@H](N)[C@H]2O)C[C@@H]2O[C@](O)(C[C@@H](O)C[C@@H](O)[C@H](O)CC[C@@H](O)C[C@@H](O)CC(=O)O[C@H]1C)C[C@H](O)[C@H]2C(=O)NC(CO)CO. The number of carbonyl (C=O) groups is 2. The molecule has 2 bridgehead atoms. The van der Waals surface area contributed by atoms with Crippen molar-refractivity contribution in [3.63, 3.8) is 0 Å². The molecule has 70 heavy (non-hydrogen) atoms. The average Bonchev–Trinajstić information content (AvgIpc) is 3.29. The van der Waals surface area contributed by atoms with Gasteiger partial charge in [0.2, 0.25) is 5.91 Å². The molecule has 3 rings (SSSR count). The molecule has 2 unspecified atom stereocenters. The molecule has 3 heterocycles. The molecule has 2 saturated heterocycles. The zero-order valence-electron chi connectivity index (χ0n) is 40.5. The smallest absolute Gasteiger partial charge is 0.308 e. The van der Waals surface area contributed by atoms with Gasteiger partial charge in [0.05, 0.1) is 105 Å². The molecule has 0 saturated carbocycles. The van der Waals surface area contributed by atoms with Gasteiger partial charge < -0.3 is 91.3 Å². The van der Waals surface area contributed by atoms with Crippen LogP contribution < -0.4 is 11.1 Å². The molecule has 2 fully saturated rings. The van der Waals surface area contributed by atoms with Crippen molar-refractivity contribution in [3.8, 4) is 0 Å². The fourth-order valence-electron chi connectivity index (χ4n) is 8.44. The number of hydrogen-bond acceptors (Lipinski definition) is 19. The highest BCUT2D eigenvalue weighted by Gasteiger charge is 2.51. The molecule has 20 nitrogen and oxygen atoms in total. The molecule has 398 valence electrons. The summed E-state index contributed by atoms with van der Waals surface area (Å²) < 4.78 is 23.5. The third-order valence-electron chi connectivity index (χ3n) is 12.8. The Kier molecular flexibility index (Phi) is 26.5. The fourth-order valence-corrected chi connectivity index (χ4v) is 8.44. The van der Waals surface area contributed by atoms with Crippen molar-refractivity contribution in [2.24, 2.45) is 23.5 Å². The number of amides is 1. The van der Waals surface area contributed by atoms with E-state index < -0.39 is 166 Å². The second-order valence-corrected chi connectivity index (χ2v) is 18.8. The average molecular weight is 997 g/mol. The van der Waals surface area contributed by atoms with Crippen LogP contribution in [0.1, 0.15) is 79.1 Å². The van der Waals surface area contributed by atoms with Crippen LogP contribution in [-0.2, 0) is 28.5 Å². The van der Waals surface area contributed by atoms with E-state index in [1.165, 1.54) is 13.0 Å². The van der Waals surface area contributed by atoms with Crippen molar-refractivity contribution in [2.45, 2.75) is 183 Å². The second kappa shape index (κ2) is 30.5. The number of carbonyl (C=O) groups excluding carboxylic acids is 2. The van der Waals surface area contributed by atoms with Gasteiger partial charge in [-0.05, 0) is 33.1 Å². The summed E-state index contributed by atoms with van der Waals surface area (Å²) >= 11 is 0. The minimum absolute atomic E-state index is 0.121. The lowest BCUT2D eigenvalue weighted by atomic mass is 9.82. The number of nitrogens with two attached hydrogens (primary N) is 1. The third-order valence-corrected chi connectivity index (χ3v) is 12.8. The zero-order chi connectivity index (χ0) is 52.1. The van der Waals surface area contributed by atoms with Crippen molar-refractivity contribution in [1.29, 1.82) is 0 Å². The van der Waals surface area contributed by atoms with Gasteiger partial charge in [0.1, 0.15) is 12.2 Å². The van der Waals surface area contributed by atoms with Crippen molar-refractivity contribution >= 4 is 11.9 Å². The molecule has 15 N–H and O–H groups in total. The number of esters is 1. The second-order valence-electron chi connectivity index (χ2n) is 18.8. The summed E-state index contributed by atoms with van der Waals surface area (Å²) in [6, 6.07) is -2.29. The van der Waals surface area contributed by atoms with Gasteiger partial charge in [-0.25, -0.2) is 0 Å². The van der Waals surface area contributed by atoms with Crippen LogP contribution in [0.15, 0.2) is 85.1 Å². The van der Waals surface area contributed by atoms with E-state index in [0.29, 0.717) is 0 Å². The number of rotatable bonds is 6. The topological polar surface area (TPSA) is 352 Å². The summed E-state index contributed by atoms with van der Waals surface area (Å²) in [4.78, 5) is 26.4. The van der Waals surface area contributed by atoms with E-state index in [-0.39, 0.29) is 31.6 Å². The number of hydrogen-bond donors (Lipinski definition) is 14. The highest BCUT2D eigenvalue weighted by atomic mass is 16.7. The van der Waals surface area contributed by atoms with Crippen molar-refractivity contribution in [2.75, 3.05) is 13.2 Å². The maximum absolute atomic E-state index is 13.7. The number of allylic oxidation sites excluding steroid dienone is 12. The number of cyclic esters (lactones) is 1. The van der Waals surface area contributed by atoms with E-state index in [4.69, 9.17) is 24.7 Å². The maximum atomic E-state index is 13.7. The Labute approximate surface area is 410 Å². The largest absolute Gasteiger partial charge is 0.462 e. The Morgan fingerprint density at radius 3 is 1.86 bits per heavy atom. The molecule has 19 atom stereocenters. The molecule has 0 spiro atoms. The molecule has 0 aliphatic carbocycles. The van der Waals surface area contributed by atoms with Gasteiger partial charge in [-0.3, -0.25) is 9.59 Å². The molecule has 20 heteroatoms. The van der Waals surface area contributed by atoms with Gasteiger partial charge in [-0.1, -0.05) is 98.9 Å². The first-order chi connectivity index (χ1) is 33.1. The van der Waals surface area contributed by atoms with E-state index in [0.717, 1.165) is 0 Å². The fraction of sp³-hybridized carbons (Fsp3) is 0.680. The molecule has 0 radical (unpaired) electrons. The predicted octanol–water partition coefficient (Wildman–Crippen LogP) is -0.903. The van der Waals surface area contributed by atoms with Gasteiger partial charge in [0.15, 0.2) is 12.1 Å². The minimum atomic E-state index is -2.35. The molecular weight excluding hydrogens is 917 g/mol. The Morgan fingerprint density at radius 2 is 1.27 bits per heavy atom. The normalized spacial score (nSPS) is 43.1. The van der Waals surface area contributed by atoms with E-state index in [1.54, 1.807) is 86.8 Å². The first-order valence-electron chi connectivity index (χ1n) is 24.1. The first kappa shape index (κ1) is 60.8. The quantitative estimate of drug-likeness (QED) is 0.143. The van der Waals surface area contributed by atoms with Crippen LogP contribution >= 0.6 is 0 Å². The van der Waals surface area contributed by atoms with Crippen molar-refractivity contribution in [1.82, 2.24) is 5.32 Å². The summed E-state index contributed by atoms with van der Waals surface area (Å²) in [7, 11) is 0. The van der Waals surface area contributed by atoms with Crippen LogP contribution in [0.2, 0.25) is 0 Å². The monoisotopic (exact) mass is 997 g/mol. The van der Waals surface area contributed by atoms with Crippen molar-refractivity contribution in [3.05, 3.63) is 85.1 Å². The van der Waals surface area contributed by atoms with Gasteiger partial charge >= 0.3 is 5.97 Å². The van der Waals surface area contributed by atoms with E-state index in [2.05, 4.69) is 5.32 Å². The van der Waals surface area contributed by atoms with Gasteiger partial charge in [-0.2, -0.15) is 0 Å². The third kappa shape index (κ3) is 20.2. The van der Waals surface area contributed by atoms with Crippen molar-refractivity contribution < 1.29 is 89.8 Å². The van der Waals surface area contributed by atoms with Crippen LogP contribution in [-0.4, -0.2) is 190 Å². The molecule has 1 amide bonds. The van der Waals surface area contributed by atoms with Gasteiger partial charge in [0, 0.05) is 37.5 Å². The lowest BCUT2D eigenvalue weighted by Crippen LogP contribution is -2.62.